The van der Waals surface area contributed by atoms with Crippen molar-refractivity contribution < 1.29 is 19.0 Å². The molecule has 0 saturated heterocycles. The molecule has 0 fully saturated rings. The second-order valence-electron chi connectivity index (χ2n) is 5.84. The van der Waals surface area contributed by atoms with Gasteiger partial charge < -0.3 is 19.5 Å². The Bertz CT molecular complexity index is 697. The molecule has 1 amide bonds. The first kappa shape index (κ1) is 18.6. The van der Waals surface area contributed by atoms with Crippen molar-refractivity contribution in [1.29, 1.82) is 0 Å². The normalized spacial score (nSPS) is 11.5. The lowest BCUT2D eigenvalue weighted by atomic mass is 10.1. The van der Waals surface area contributed by atoms with Crippen LogP contribution in [0.3, 0.4) is 0 Å². The molecular formula is C20H25NO4. The van der Waals surface area contributed by atoms with Gasteiger partial charge in [-0.2, -0.15) is 0 Å². The highest BCUT2D eigenvalue weighted by atomic mass is 16.5. The van der Waals surface area contributed by atoms with Gasteiger partial charge in [0.25, 0.3) is 5.91 Å². The Morgan fingerprint density at radius 2 is 1.76 bits per heavy atom. The fourth-order valence-electron chi connectivity index (χ4n) is 2.25. The monoisotopic (exact) mass is 343 g/mol. The van der Waals surface area contributed by atoms with Crippen molar-refractivity contribution >= 4 is 5.91 Å². The number of nitrogens with one attached hydrogen (secondary N) is 1. The van der Waals surface area contributed by atoms with Crippen LogP contribution in [0.5, 0.6) is 17.2 Å². The van der Waals surface area contributed by atoms with Gasteiger partial charge in [-0.3, -0.25) is 4.79 Å². The van der Waals surface area contributed by atoms with Gasteiger partial charge >= 0.3 is 0 Å². The molecule has 0 spiro atoms. The summed E-state index contributed by atoms with van der Waals surface area (Å²) in [6, 6.07) is 13.2. The summed E-state index contributed by atoms with van der Waals surface area (Å²) in [7, 11) is 1.60. The van der Waals surface area contributed by atoms with Crippen molar-refractivity contribution in [3.8, 4) is 17.2 Å². The third kappa shape index (κ3) is 5.71. The zero-order chi connectivity index (χ0) is 18.2. The molecular weight excluding hydrogens is 318 g/mol. The van der Waals surface area contributed by atoms with Crippen molar-refractivity contribution in [1.82, 2.24) is 5.32 Å². The predicted octanol–water partition coefficient (Wildman–Crippen LogP) is 3.27. The van der Waals surface area contributed by atoms with E-state index < -0.39 is 6.10 Å². The summed E-state index contributed by atoms with van der Waals surface area (Å²) in [5.41, 5.74) is 2.22. The largest absolute Gasteiger partial charge is 0.497 e. The molecule has 2 rings (SSSR count). The van der Waals surface area contributed by atoms with Gasteiger partial charge in [-0.05, 0) is 62.2 Å². The highest BCUT2D eigenvalue weighted by Gasteiger charge is 2.14. The molecule has 0 bridgehead atoms. The number of benzene rings is 2. The Morgan fingerprint density at radius 1 is 1.08 bits per heavy atom. The molecule has 1 N–H and O–H groups in total. The highest BCUT2D eigenvalue weighted by molar-refractivity contribution is 5.80. The summed E-state index contributed by atoms with van der Waals surface area (Å²) in [6.07, 6.45) is -0.589. The maximum absolute atomic E-state index is 12.1. The molecule has 134 valence electrons. The van der Waals surface area contributed by atoms with E-state index in [-0.39, 0.29) is 5.91 Å². The number of carbonyl (C=O) groups is 1. The van der Waals surface area contributed by atoms with Gasteiger partial charge in [0, 0.05) is 0 Å². The van der Waals surface area contributed by atoms with E-state index in [1.807, 2.05) is 32.0 Å². The molecule has 0 heterocycles. The molecule has 0 aliphatic carbocycles. The van der Waals surface area contributed by atoms with E-state index in [1.54, 1.807) is 38.3 Å². The Hall–Kier alpha value is -2.69. The topological polar surface area (TPSA) is 56.8 Å². The van der Waals surface area contributed by atoms with E-state index in [9.17, 15) is 4.79 Å². The van der Waals surface area contributed by atoms with Crippen molar-refractivity contribution in [2.75, 3.05) is 20.3 Å². The molecule has 0 aliphatic rings. The van der Waals surface area contributed by atoms with Gasteiger partial charge in [0.1, 0.15) is 23.9 Å². The molecule has 1 atom stereocenters. The minimum Gasteiger partial charge on any atom is -0.497 e. The van der Waals surface area contributed by atoms with Crippen LogP contribution in [0, 0.1) is 13.8 Å². The lowest BCUT2D eigenvalue weighted by molar-refractivity contribution is -0.127. The van der Waals surface area contributed by atoms with Crippen LogP contribution < -0.4 is 19.5 Å². The van der Waals surface area contributed by atoms with E-state index in [1.165, 1.54) is 0 Å². The molecule has 5 heteroatoms. The number of carbonyl (C=O) groups excluding carboxylic acids is 1. The number of aryl methyl sites for hydroxylation is 2. The Labute approximate surface area is 148 Å². The average Bonchev–Trinajstić information content (AvgIpc) is 2.61. The molecule has 1 unspecified atom stereocenters. The van der Waals surface area contributed by atoms with E-state index in [0.717, 1.165) is 22.6 Å². The van der Waals surface area contributed by atoms with Crippen LogP contribution in [-0.2, 0) is 4.79 Å². The highest BCUT2D eigenvalue weighted by Crippen LogP contribution is 2.19. The maximum atomic E-state index is 12.1. The lowest BCUT2D eigenvalue weighted by Crippen LogP contribution is -2.38. The van der Waals surface area contributed by atoms with Crippen LogP contribution in [0.4, 0.5) is 0 Å². The zero-order valence-corrected chi connectivity index (χ0v) is 15.2. The summed E-state index contributed by atoms with van der Waals surface area (Å²) < 4.78 is 16.4. The van der Waals surface area contributed by atoms with Crippen molar-refractivity contribution in [3.05, 3.63) is 53.6 Å². The van der Waals surface area contributed by atoms with Crippen LogP contribution in [0.15, 0.2) is 42.5 Å². The minimum atomic E-state index is -0.589. The molecule has 0 radical (unpaired) electrons. The molecule has 2 aromatic carbocycles. The van der Waals surface area contributed by atoms with Crippen LogP contribution in [-0.4, -0.2) is 32.3 Å². The second kappa shape index (κ2) is 8.97. The summed E-state index contributed by atoms with van der Waals surface area (Å²) in [5, 5.41) is 2.82. The maximum Gasteiger partial charge on any atom is 0.260 e. The number of methoxy groups -OCH3 is 1. The lowest BCUT2D eigenvalue weighted by Gasteiger charge is -2.15. The smallest absolute Gasteiger partial charge is 0.260 e. The number of hydrogen-bond acceptors (Lipinski definition) is 4. The van der Waals surface area contributed by atoms with Gasteiger partial charge in [-0.15, -0.1) is 0 Å². The number of rotatable bonds is 8. The fraction of sp³-hybridized carbons (Fsp3) is 0.350. The Balaban J connectivity index is 1.74. The van der Waals surface area contributed by atoms with Crippen LogP contribution >= 0.6 is 0 Å². The minimum absolute atomic E-state index is 0.180. The summed E-state index contributed by atoms with van der Waals surface area (Å²) >= 11 is 0. The van der Waals surface area contributed by atoms with Gasteiger partial charge in [0.2, 0.25) is 0 Å². The molecule has 2 aromatic rings. The molecule has 0 saturated carbocycles. The van der Waals surface area contributed by atoms with E-state index in [0.29, 0.717) is 18.9 Å². The number of hydrogen-bond donors (Lipinski definition) is 1. The average molecular weight is 343 g/mol. The van der Waals surface area contributed by atoms with Crippen molar-refractivity contribution in [2.45, 2.75) is 26.9 Å². The van der Waals surface area contributed by atoms with Crippen LogP contribution in [0.25, 0.3) is 0 Å². The van der Waals surface area contributed by atoms with Gasteiger partial charge in [-0.25, -0.2) is 0 Å². The van der Waals surface area contributed by atoms with Crippen molar-refractivity contribution in [2.24, 2.45) is 0 Å². The Kier molecular flexibility index (Phi) is 6.69. The van der Waals surface area contributed by atoms with Gasteiger partial charge in [0.15, 0.2) is 6.10 Å². The molecule has 0 aromatic heterocycles. The molecule has 0 aliphatic heterocycles. The van der Waals surface area contributed by atoms with Crippen molar-refractivity contribution in [3.63, 3.8) is 0 Å². The summed E-state index contributed by atoms with van der Waals surface area (Å²) in [5.74, 6) is 2.03. The SMILES string of the molecule is COc1ccc(OC(C)C(=O)NCCOc2cc(C)ccc2C)cc1. The number of ether oxygens (including phenoxy) is 3. The quantitative estimate of drug-likeness (QED) is 0.748. The summed E-state index contributed by atoms with van der Waals surface area (Å²) in [6.45, 7) is 6.56. The van der Waals surface area contributed by atoms with Gasteiger partial charge in [0.05, 0.1) is 13.7 Å². The first-order valence-corrected chi connectivity index (χ1v) is 8.28. The molecule has 5 nitrogen and oxygen atoms in total. The summed E-state index contributed by atoms with van der Waals surface area (Å²) in [4.78, 5) is 12.1. The second-order valence-corrected chi connectivity index (χ2v) is 5.84. The first-order chi connectivity index (χ1) is 12.0. The van der Waals surface area contributed by atoms with Crippen LogP contribution in [0.1, 0.15) is 18.1 Å². The standard InChI is InChI=1S/C20H25NO4/c1-14-5-6-15(2)19(13-14)24-12-11-21-20(22)16(3)25-18-9-7-17(23-4)8-10-18/h5-10,13,16H,11-12H2,1-4H3,(H,21,22). The zero-order valence-electron chi connectivity index (χ0n) is 15.2. The van der Waals surface area contributed by atoms with E-state index in [4.69, 9.17) is 14.2 Å². The predicted molar refractivity (Wildman–Crippen MR) is 97.5 cm³/mol. The fourth-order valence-corrected chi connectivity index (χ4v) is 2.25. The third-order valence-corrected chi connectivity index (χ3v) is 3.74. The van der Waals surface area contributed by atoms with E-state index in [2.05, 4.69) is 5.32 Å². The third-order valence-electron chi connectivity index (χ3n) is 3.74. The number of amides is 1. The Morgan fingerprint density at radius 3 is 2.44 bits per heavy atom. The van der Waals surface area contributed by atoms with Crippen LogP contribution in [0.2, 0.25) is 0 Å². The van der Waals surface area contributed by atoms with Gasteiger partial charge in [-0.1, -0.05) is 12.1 Å². The van der Waals surface area contributed by atoms with E-state index >= 15 is 0 Å². The first-order valence-electron chi connectivity index (χ1n) is 8.28. The molecule has 25 heavy (non-hydrogen) atoms.